The average Bonchev–Trinajstić information content (AvgIpc) is 3.37. The molecule has 12 nitrogen and oxygen atoms in total. The molecule has 3 N–H and O–H groups in total. The van der Waals surface area contributed by atoms with Crippen LogP contribution in [0.1, 0.15) is 23.7 Å². The Hall–Kier alpha value is -4.55. The number of amides is 1. The van der Waals surface area contributed by atoms with Gasteiger partial charge < -0.3 is 20.7 Å². The summed E-state index contributed by atoms with van der Waals surface area (Å²) in [5.74, 6) is 1.05. The van der Waals surface area contributed by atoms with Gasteiger partial charge >= 0.3 is 0 Å². The second-order valence-electron chi connectivity index (χ2n) is 7.79. The van der Waals surface area contributed by atoms with Gasteiger partial charge in [-0.2, -0.15) is 9.61 Å². The van der Waals surface area contributed by atoms with Crippen LogP contribution in [0.3, 0.4) is 0 Å². The van der Waals surface area contributed by atoms with E-state index in [1.807, 2.05) is 6.92 Å². The summed E-state index contributed by atoms with van der Waals surface area (Å²) in [6.07, 6.45) is 2.21. The fourth-order valence-electron chi connectivity index (χ4n) is 3.50. The number of hydrogen-bond donors (Lipinski definition) is 3. The van der Waals surface area contributed by atoms with E-state index >= 15 is 0 Å². The van der Waals surface area contributed by atoms with E-state index < -0.39 is 18.1 Å². The van der Waals surface area contributed by atoms with E-state index in [0.717, 1.165) is 0 Å². The Bertz CT molecular complexity index is 1450. The molecule has 35 heavy (non-hydrogen) atoms. The molecule has 1 saturated carbocycles. The number of hydrogen-bond acceptors (Lipinski definition) is 9. The fourth-order valence-corrected chi connectivity index (χ4v) is 3.50. The number of carbonyl (C=O) groups is 1. The monoisotopic (exact) mass is 479 g/mol. The van der Waals surface area contributed by atoms with Crippen LogP contribution in [0.2, 0.25) is 0 Å². The minimum atomic E-state index is -1.03. The number of pyridine rings is 1. The van der Waals surface area contributed by atoms with Crippen LogP contribution in [0.25, 0.3) is 11.5 Å². The van der Waals surface area contributed by atoms with Gasteiger partial charge in [-0.15, -0.1) is 10.2 Å². The first kappa shape index (κ1) is 22.3. The molecule has 4 heterocycles. The molecule has 0 bridgehead atoms. The van der Waals surface area contributed by atoms with E-state index in [0.29, 0.717) is 36.4 Å². The number of carbonyl (C=O) groups excluding carboxylic acids is 1. The third-order valence-electron chi connectivity index (χ3n) is 5.38. The fraction of sp³-hybridized carbons (Fsp3) is 0.273. The number of halogens is 1. The Kier molecular flexibility index (Phi) is 5.73. The molecule has 180 valence electrons. The molecule has 0 aromatic carbocycles. The normalized spacial score (nSPS) is 16.7. The number of rotatable bonds is 8. The van der Waals surface area contributed by atoms with Crippen molar-refractivity contribution in [3.8, 4) is 11.7 Å². The van der Waals surface area contributed by atoms with Crippen molar-refractivity contribution in [2.75, 3.05) is 24.3 Å². The third kappa shape index (κ3) is 4.35. The van der Waals surface area contributed by atoms with Crippen molar-refractivity contribution < 1.29 is 13.9 Å². The Morgan fingerprint density at radius 2 is 2.11 bits per heavy atom. The van der Waals surface area contributed by atoms with Crippen LogP contribution < -0.4 is 26.2 Å². The number of ether oxygens (including phenoxy) is 1. The highest BCUT2D eigenvalue weighted by Gasteiger charge is 2.39. The maximum absolute atomic E-state index is 13.2. The Balaban J connectivity index is 1.47. The predicted octanol–water partition coefficient (Wildman–Crippen LogP) is 1.69. The molecule has 1 fully saturated rings. The number of alkyl halides is 1. The van der Waals surface area contributed by atoms with Crippen molar-refractivity contribution in [2.24, 2.45) is 0 Å². The van der Waals surface area contributed by atoms with Gasteiger partial charge in [-0.1, -0.05) is 0 Å². The van der Waals surface area contributed by atoms with Gasteiger partial charge in [-0.25, -0.2) is 9.37 Å². The SMILES string of the molecule is CCOc1ccc(-n2cccc(Nc3cc(NC)n4ncc(C(=O)N[C@H]5C[C@H]5F)c4n3)c2=O)nn1. The van der Waals surface area contributed by atoms with E-state index in [2.05, 4.69) is 36.2 Å². The molecule has 0 unspecified atom stereocenters. The van der Waals surface area contributed by atoms with Gasteiger partial charge in [0.25, 0.3) is 11.5 Å². The lowest BCUT2D eigenvalue weighted by Gasteiger charge is -2.11. The van der Waals surface area contributed by atoms with Crippen molar-refractivity contribution in [3.63, 3.8) is 0 Å². The highest BCUT2D eigenvalue weighted by molar-refractivity contribution is 6.00. The molecule has 5 rings (SSSR count). The van der Waals surface area contributed by atoms with E-state index in [-0.39, 0.29) is 22.5 Å². The summed E-state index contributed by atoms with van der Waals surface area (Å²) < 4.78 is 21.3. The zero-order chi connectivity index (χ0) is 24.5. The number of nitrogens with zero attached hydrogens (tertiary/aromatic N) is 6. The maximum atomic E-state index is 13.2. The lowest BCUT2D eigenvalue weighted by atomic mass is 10.3. The van der Waals surface area contributed by atoms with Crippen LogP contribution >= 0.6 is 0 Å². The van der Waals surface area contributed by atoms with Crippen molar-refractivity contribution in [1.29, 1.82) is 0 Å². The first-order valence-electron chi connectivity index (χ1n) is 11.0. The topological polar surface area (TPSA) is 140 Å². The molecule has 4 aromatic rings. The van der Waals surface area contributed by atoms with E-state index in [1.54, 1.807) is 43.6 Å². The highest BCUT2D eigenvalue weighted by Crippen LogP contribution is 2.26. The van der Waals surface area contributed by atoms with Gasteiger partial charge in [0.05, 0.1) is 18.8 Å². The molecule has 0 radical (unpaired) electrons. The van der Waals surface area contributed by atoms with Crippen molar-refractivity contribution in [3.05, 3.63) is 58.6 Å². The second kappa shape index (κ2) is 9.00. The minimum absolute atomic E-state index is 0.194. The number of nitrogens with one attached hydrogen (secondary N) is 3. The quantitative estimate of drug-likeness (QED) is 0.344. The lowest BCUT2D eigenvalue weighted by Crippen LogP contribution is -2.27. The summed E-state index contributed by atoms with van der Waals surface area (Å²) in [6, 6.07) is 7.70. The van der Waals surface area contributed by atoms with Gasteiger partial charge in [0.15, 0.2) is 11.5 Å². The van der Waals surface area contributed by atoms with E-state index in [9.17, 15) is 14.0 Å². The first-order valence-corrected chi connectivity index (χ1v) is 11.0. The molecule has 1 aliphatic rings. The number of fused-ring (bicyclic) bond motifs is 1. The second-order valence-corrected chi connectivity index (χ2v) is 7.79. The molecular formula is C22H22FN9O3. The zero-order valence-corrected chi connectivity index (χ0v) is 18.9. The van der Waals surface area contributed by atoms with Gasteiger partial charge in [-0.3, -0.25) is 14.2 Å². The van der Waals surface area contributed by atoms with Crippen LogP contribution in [0.4, 0.5) is 21.7 Å². The summed E-state index contributed by atoms with van der Waals surface area (Å²) in [7, 11) is 1.69. The number of aromatic nitrogens is 6. The molecule has 2 atom stereocenters. The zero-order valence-electron chi connectivity index (χ0n) is 18.9. The minimum Gasteiger partial charge on any atom is -0.477 e. The van der Waals surface area contributed by atoms with Crippen LogP contribution in [0.15, 0.2) is 47.5 Å². The van der Waals surface area contributed by atoms with E-state index in [1.165, 1.54) is 15.3 Å². The molecule has 4 aromatic heterocycles. The Labute approximate surface area is 198 Å². The molecule has 0 saturated heterocycles. The predicted molar refractivity (Wildman–Crippen MR) is 125 cm³/mol. The van der Waals surface area contributed by atoms with Gasteiger partial charge in [-0.05, 0) is 25.1 Å². The lowest BCUT2D eigenvalue weighted by molar-refractivity contribution is 0.0949. The smallest absolute Gasteiger partial charge is 0.280 e. The average molecular weight is 479 g/mol. The summed E-state index contributed by atoms with van der Waals surface area (Å²) in [5.41, 5.74) is 0.291. The first-order chi connectivity index (χ1) is 17.0. The van der Waals surface area contributed by atoms with Crippen LogP contribution in [0, 0.1) is 0 Å². The van der Waals surface area contributed by atoms with Gasteiger partial charge in [0, 0.05) is 31.8 Å². The number of anilines is 3. The summed E-state index contributed by atoms with van der Waals surface area (Å²) >= 11 is 0. The largest absolute Gasteiger partial charge is 0.477 e. The summed E-state index contributed by atoms with van der Waals surface area (Å²) in [4.78, 5) is 30.2. The summed E-state index contributed by atoms with van der Waals surface area (Å²) in [5, 5.41) is 20.9. The van der Waals surface area contributed by atoms with Gasteiger partial charge in [0.2, 0.25) is 5.88 Å². The van der Waals surface area contributed by atoms with Crippen LogP contribution in [0.5, 0.6) is 5.88 Å². The molecule has 1 amide bonds. The molecule has 0 aliphatic heterocycles. The third-order valence-corrected chi connectivity index (χ3v) is 5.38. The van der Waals surface area contributed by atoms with Crippen molar-refractivity contribution >= 4 is 28.9 Å². The molecule has 0 spiro atoms. The summed E-state index contributed by atoms with van der Waals surface area (Å²) in [6.45, 7) is 2.29. The standard InChI is InChI=1S/C22H22FN9O3/c1-3-35-19-7-6-17(29-30-19)31-8-4-5-14(22(31)34)26-16-10-18(24-2)32-20(28-16)12(11-25-32)21(33)27-15-9-13(15)23/h4-8,10-11,13,15,24H,3,9H2,1-2H3,(H,26,28)(H,27,33)/t13-,15+/m1/s1. The van der Waals surface area contributed by atoms with Crippen molar-refractivity contribution in [2.45, 2.75) is 25.6 Å². The molecule has 13 heteroatoms. The van der Waals surface area contributed by atoms with Gasteiger partial charge in [0.1, 0.15) is 29.1 Å². The van der Waals surface area contributed by atoms with E-state index in [4.69, 9.17) is 4.74 Å². The Morgan fingerprint density at radius 3 is 2.80 bits per heavy atom. The Morgan fingerprint density at radius 1 is 1.29 bits per heavy atom. The van der Waals surface area contributed by atoms with Crippen molar-refractivity contribution in [1.82, 2.24) is 34.7 Å². The molecular weight excluding hydrogens is 457 g/mol. The maximum Gasteiger partial charge on any atom is 0.280 e. The molecule has 1 aliphatic carbocycles. The van der Waals surface area contributed by atoms with Crippen LogP contribution in [-0.4, -0.2) is 61.1 Å². The van der Waals surface area contributed by atoms with Crippen LogP contribution in [-0.2, 0) is 0 Å². The highest BCUT2D eigenvalue weighted by atomic mass is 19.1.